The van der Waals surface area contributed by atoms with Crippen LogP contribution in [0.3, 0.4) is 0 Å². The van der Waals surface area contributed by atoms with E-state index in [1.54, 1.807) is 0 Å². The molecule has 0 aliphatic carbocycles. The Labute approximate surface area is 106 Å². The average Bonchev–Trinajstić information content (AvgIpc) is 2.82. The molecule has 1 aliphatic heterocycles. The van der Waals surface area contributed by atoms with Gasteiger partial charge in [0, 0.05) is 32.3 Å². The topological polar surface area (TPSA) is 95.2 Å². The zero-order valence-electron chi connectivity index (χ0n) is 10.1. The molecule has 2 N–H and O–H groups in total. The van der Waals surface area contributed by atoms with Crippen molar-refractivity contribution >= 4 is 15.9 Å². The zero-order chi connectivity index (χ0) is 13.2. The van der Waals surface area contributed by atoms with E-state index in [2.05, 4.69) is 15.5 Å². The van der Waals surface area contributed by atoms with Crippen LogP contribution in [0.25, 0.3) is 0 Å². The molecule has 8 heteroatoms. The fourth-order valence-electron chi connectivity index (χ4n) is 2.10. The molecule has 100 valence electrons. The average molecular weight is 272 g/mol. The van der Waals surface area contributed by atoms with Gasteiger partial charge in [0.1, 0.15) is 4.90 Å². The Balaban J connectivity index is 2.11. The normalized spacial score (nSPS) is 21.7. The molecule has 0 saturated carbocycles. The first kappa shape index (κ1) is 13.0. The fourth-order valence-corrected chi connectivity index (χ4v) is 3.53. The summed E-state index contributed by atoms with van der Waals surface area (Å²) in [6.07, 6.45) is 4.19. The lowest BCUT2D eigenvalue weighted by Crippen LogP contribution is -2.49. The molecule has 1 saturated heterocycles. The Kier molecular flexibility index (Phi) is 3.67. The highest BCUT2D eigenvalue weighted by Gasteiger charge is 2.30. The predicted octanol–water partition coefficient (Wildman–Crippen LogP) is -0.301. The third-order valence-corrected chi connectivity index (χ3v) is 4.73. The number of aromatic amines is 1. The largest absolute Gasteiger partial charge is 0.352 e. The molecule has 0 spiro atoms. The first-order valence-electron chi connectivity index (χ1n) is 5.76. The minimum atomic E-state index is -3.50. The number of rotatable bonds is 3. The second kappa shape index (κ2) is 5.07. The van der Waals surface area contributed by atoms with Gasteiger partial charge in [0.05, 0.1) is 6.20 Å². The zero-order valence-corrected chi connectivity index (χ0v) is 10.9. The molecule has 1 atom stereocenters. The molecule has 18 heavy (non-hydrogen) atoms. The van der Waals surface area contributed by atoms with Gasteiger partial charge in [-0.25, -0.2) is 8.42 Å². The minimum absolute atomic E-state index is 0.113. The van der Waals surface area contributed by atoms with E-state index in [-0.39, 0.29) is 16.8 Å². The fraction of sp³-hybridized carbons (Fsp3) is 0.600. The minimum Gasteiger partial charge on any atom is -0.352 e. The maximum atomic E-state index is 12.2. The van der Waals surface area contributed by atoms with Crippen molar-refractivity contribution in [3.05, 3.63) is 12.4 Å². The summed E-state index contributed by atoms with van der Waals surface area (Å²) in [5.41, 5.74) is 0. The van der Waals surface area contributed by atoms with Gasteiger partial charge in [-0.3, -0.25) is 9.89 Å². The number of aromatic nitrogens is 2. The number of amides is 1. The number of hydrogen-bond acceptors (Lipinski definition) is 4. The first-order chi connectivity index (χ1) is 8.50. The lowest BCUT2D eigenvalue weighted by atomic mass is 10.1. The van der Waals surface area contributed by atoms with E-state index in [4.69, 9.17) is 0 Å². The van der Waals surface area contributed by atoms with Crippen LogP contribution in [0.15, 0.2) is 17.3 Å². The lowest BCUT2D eigenvalue weighted by molar-refractivity contribution is -0.119. The molecule has 7 nitrogen and oxygen atoms in total. The van der Waals surface area contributed by atoms with Crippen LogP contribution in [0.5, 0.6) is 0 Å². The SMILES string of the molecule is CC(=O)NC1CCCN(S(=O)(=O)c2cn[nH]c2)C1. The summed E-state index contributed by atoms with van der Waals surface area (Å²) in [7, 11) is -3.50. The van der Waals surface area contributed by atoms with Gasteiger partial charge in [-0.1, -0.05) is 0 Å². The van der Waals surface area contributed by atoms with E-state index in [1.165, 1.54) is 23.6 Å². The third kappa shape index (κ3) is 2.70. The number of hydrogen-bond donors (Lipinski definition) is 2. The number of carbonyl (C=O) groups excluding carboxylic acids is 1. The van der Waals surface area contributed by atoms with Gasteiger partial charge in [-0.15, -0.1) is 0 Å². The van der Waals surface area contributed by atoms with Crippen molar-refractivity contribution in [2.45, 2.75) is 30.7 Å². The molecule has 1 unspecified atom stereocenters. The molecule has 0 bridgehead atoms. The van der Waals surface area contributed by atoms with Crippen molar-refractivity contribution in [1.29, 1.82) is 0 Å². The number of H-pyrrole nitrogens is 1. The Bertz CT molecular complexity index is 511. The van der Waals surface area contributed by atoms with Gasteiger partial charge in [-0.05, 0) is 12.8 Å². The standard InChI is InChI=1S/C10H16N4O3S/c1-8(15)13-9-3-2-4-14(7-9)18(16,17)10-5-11-12-6-10/h5-6,9H,2-4,7H2,1H3,(H,11,12)(H,13,15). The van der Waals surface area contributed by atoms with Crippen LogP contribution in [0.2, 0.25) is 0 Å². The van der Waals surface area contributed by atoms with E-state index < -0.39 is 10.0 Å². The Hall–Kier alpha value is -1.41. The van der Waals surface area contributed by atoms with E-state index in [0.29, 0.717) is 13.1 Å². The van der Waals surface area contributed by atoms with Gasteiger partial charge in [-0.2, -0.15) is 9.40 Å². The van der Waals surface area contributed by atoms with Gasteiger partial charge >= 0.3 is 0 Å². The van der Waals surface area contributed by atoms with Gasteiger partial charge < -0.3 is 5.32 Å². The number of nitrogens with one attached hydrogen (secondary N) is 2. The van der Waals surface area contributed by atoms with Crippen LogP contribution in [-0.2, 0) is 14.8 Å². The Morgan fingerprint density at radius 2 is 2.39 bits per heavy atom. The summed E-state index contributed by atoms with van der Waals surface area (Å²) in [6.45, 7) is 2.22. The molecule has 1 aromatic rings. The van der Waals surface area contributed by atoms with Crippen molar-refractivity contribution in [3.63, 3.8) is 0 Å². The summed E-state index contributed by atoms with van der Waals surface area (Å²) >= 11 is 0. The van der Waals surface area contributed by atoms with E-state index in [1.807, 2.05) is 0 Å². The van der Waals surface area contributed by atoms with Crippen LogP contribution < -0.4 is 5.32 Å². The van der Waals surface area contributed by atoms with Crippen molar-refractivity contribution in [1.82, 2.24) is 19.8 Å². The first-order valence-corrected chi connectivity index (χ1v) is 7.20. The number of nitrogens with zero attached hydrogens (tertiary/aromatic N) is 2. The summed E-state index contributed by atoms with van der Waals surface area (Å²) in [5.74, 6) is -0.137. The number of piperidine rings is 1. The Morgan fingerprint density at radius 1 is 1.61 bits per heavy atom. The molecule has 1 aromatic heterocycles. The highest BCUT2D eigenvalue weighted by Crippen LogP contribution is 2.19. The van der Waals surface area contributed by atoms with E-state index in [9.17, 15) is 13.2 Å². The second-order valence-electron chi connectivity index (χ2n) is 4.34. The van der Waals surface area contributed by atoms with Crippen molar-refractivity contribution in [2.24, 2.45) is 0 Å². The molecule has 1 aliphatic rings. The highest BCUT2D eigenvalue weighted by atomic mass is 32.2. The predicted molar refractivity (Wildman–Crippen MR) is 64.2 cm³/mol. The van der Waals surface area contributed by atoms with Crippen molar-refractivity contribution in [2.75, 3.05) is 13.1 Å². The molecule has 1 amide bonds. The number of carbonyl (C=O) groups is 1. The second-order valence-corrected chi connectivity index (χ2v) is 6.27. The summed E-state index contributed by atoms with van der Waals surface area (Å²) in [4.78, 5) is 11.2. The highest BCUT2D eigenvalue weighted by molar-refractivity contribution is 7.89. The molecule has 2 rings (SSSR count). The quantitative estimate of drug-likeness (QED) is 0.789. The molecular weight excluding hydrogens is 256 g/mol. The number of sulfonamides is 1. The van der Waals surface area contributed by atoms with Gasteiger partial charge in [0.15, 0.2) is 0 Å². The lowest BCUT2D eigenvalue weighted by Gasteiger charge is -2.31. The monoisotopic (exact) mass is 272 g/mol. The summed E-state index contributed by atoms with van der Waals surface area (Å²) in [6, 6.07) is -0.113. The van der Waals surface area contributed by atoms with Gasteiger partial charge in [0.2, 0.25) is 15.9 Å². The Morgan fingerprint density at radius 3 is 3.00 bits per heavy atom. The van der Waals surface area contributed by atoms with Crippen LogP contribution in [0.4, 0.5) is 0 Å². The smallest absolute Gasteiger partial charge is 0.246 e. The third-order valence-electron chi connectivity index (χ3n) is 2.90. The summed E-state index contributed by atoms with van der Waals surface area (Å²) < 4.78 is 25.9. The van der Waals surface area contributed by atoms with Crippen LogP contribution in [0.1, 0.15) is 19.8 Å². The maximum Gasteiger partial charge on any atom is 0.246 e. The van der Waals surface area contributed by atoms with Crippen molar-refractivity contribution < 1.29 is 13.2 Å². The van der Waals surface area contributed by atoms with Crippen LogP contribution >= 0.6 is 0 Å². The van der Waals surface area contributed by atoms with Crippen LogP contribution in [0, 0.1) is 0 Å². The molecule has 1 fully saturated rings. The van der Waals surface area contributed by atoms with Crippen molar-refractivity contribution in [3.8, 4) is 0 Å². The molecular formula is C10H16N4O3S. The molecule has 0 radical (unpaired) electrons. The van der Waals surface area contributed by atoms with E-state index >= 15 is 0 Å². The molecule has 0 aromatic carbocycles. The van der Waals surface area contributed by atoms with Gasteiger partial charge in [0.25, 0.3) is 0 Å². The van der Waals surface area contributed by atoms with E-state index in [0.717, 1.165) is 12.8 Å². The maximum absolute atomic E-state index is 12.2. The summed E-state index contributed by atoms with van der Waals surface area (Å²) in [5, 5.41) is 8.90. The molecule has 2 heterocycles. The van der Waals surface area contributed by atoms with Crippen LogP contribution in [-0.4, -0.2) is 48.0 Å².